The molecule has 1 atom stereocenters. The van der Waals surface area contributed by atoms with Crippen LogP contribution in [0.3, 0.4) is 0 Å². The molecule has 0 saturated heterocycles. The van der Waals surface area contributed by atoms with Crippen molar-refractivity contribution in [2.75, 3.05) is 16.8 Å². The zero-order valence-electron chi connectivity index (χ0n) is 13.3. The van der Waals surface area contributed by atoms with Crippen molar-refractivity contribution in [2.24, 2.45) is 0 Å². The van der Waals surface area contributed by atoms with Crippen LogP contribution < -0.4 is 10.2 Å². The van der Waals surface area contributed by atoms with Gasteiger partial charge in [0.05, 0.1) is 11.6 Å². The van der Waals surface area contributed by atoms with Gasteiger partial charge in [0.15, 0.2) is 0 Å². The molecular formula is C19H17FN2O2. The molecule has 0 aliphatic carbocycles. The highest BCUT2D eigenvalue weighted by Crippen LogP contribution is 2.44. The molecule has 0 aromatic heterocycles. The van der Waals surface area contributed by atoms with Gasteiger partial charge >= 0.3 is 0 Å². The number of hydrogen-bond acceptors (Lipinski definition) is 2. The molecule has 0 bridgehead atoms. The van der Waals surface area contributed by atoms with E-state index in [1.54, 1.807) is 0 Å². The standard InChI is InChI=1S/C19H17FN2O2/c1-11-16-10-15(21-18(23)12-4-6-14(20)7-5-12)9-13-3-2-8-22(17(13)16)19(11)24/h4-7,9-11H,2-3,8H2,1H3,(H,21,23). The molecule has 2 aromatic rings. The molecule has 2 aliphatic rings. The van der Waals surface area contributed by atoms with E-state index >= 15 is 0 Å². The Balaban J connectivity index is 1.67. The first-order valence-electron chi connectivity index (χ1n) is 8.09. The fraction of sp³-hybridized carbons (Fsp3) is 0.263. The summed E-state index contributed by atoms with van der Waals surface area (Å²) in [5.74, 6) is -0.708. The number of benzene rings is 2. The Kier molecular flexibility index (Phi) is 3.37. The van der Waals surface area contributed by atoms with Gasteiger partial charge in [0.1, 0.15) is 5.82 Å². The second-order valence-corrected chi connectivity index (χ2v) is 6.35. The van der Waals surface area contributed by atoms with Gasteiger partial charge in [-0.05, 0) is 67.3 Å². The summed E-state index contributed by atoms with van der Waals surface area (Å²) in [6.07, 6.45) is 1.83. The maximum Gasteiger partial charge on any atom is 0.255 e. The molecule has 5 heteroatoms. The van der Waals surface area contributed by atoms with Crippen molar-refractivity contribution in [2.45, 2.75) is 25.7 Å². The molecule has 0 fully saturated rings. The van der Waals surface area contributed by atoms with Crippen molar-refractivity contribution in [1.29, 1.82) is 0 Å². The van der Waals surface area contributed by atoms with Gasteiger partial charge in [0.25, 0.3) is 5.91 Å². The van der Waals surface area contributed by atoms with Crippen molar-refractivity contribution in [3.63, 3.8) is 0 Å². The van der Waals surface area contributed by atoms with Gasteiger partial charge in [-0.2, -0.15) is 0 Å². The second-order valence-electron chi connectivity index (χ2n) is 6.35. The number of carbonyl (C=O) groups excluding carboxylic acids is 2. The minimum Gasteiger partial charge on any atom is -0.322 e. The Hall–Kier alpha value is -2.69. The van der Waals surface area contributed by atoms with Gasteiger partial charge in [-0.15, -0.1) is 0 Å². The van der Waals surface area contributed by atoms with Gasteiger partial charge in [0.2, 0.25) is 5.91 Å². The number of hydrogen-bond donors (Lipinski definition) is 1. The first kappa shape index (κ1) is 14.9. The fourth-order valence-corrected chi connectivity index (χ4v) is 3.57. The van der Waals surface area contributed by atoms with Crippen LogP contribution in [0.5, 0.6) is 0 Å². The topological polar surface area (TPSA) is 49.4 Å². The molecule has 2 aromatic carbocycles. The molecule has 2 heterocycles. The van der Waals surface area contributed by atoms with Gasteiger partial charge in [-0.3, -0.25) is 9.59 Å². The predicted octanol–water partition coefficient (Wildman–Crippen LogP) is 3.47. The lowest BCUT2D eigenvalue weighted by Crippen LogP contribution is -2.32. The number of nitrogens with one attached hydrogen (secondary N) is 1. The zero-order valence-corrected chi connectivity index (χ0v) is 13.3. The Labute approximate surface area is 139 Å². The second kappa shape index (κ2) is 5.44. The summed E-state index contributed by atoms with van der Waals surface area (Å²) in [5, 5.41) is 2.87. The van der Waals surface area contributed by atoms with Crippen LogP contribution in [0.15, 0.2) is 36.4 Å². The summed E-state index contributed by atoms with van der Waals surface area (Å²) in [6.45, 7) is 2.67. The maximum atomic E-state index is 13.0. The average Bonchev–Trinajstić information content (AvgIpc) is 2.82. The van der Waals surface area contributed by atoms with Crippen LogP contribution in [-0.4, -0.2) is 18.4 Å². The third kappa shape index (κ3) is 2.28. The van der Waals surface area contributed by atoms with Crippen LogP contribution in [0.4, 0.5) is 15.8 Å². The average molecular weight is 324 g/mol. The summed E-state index contributed by atoms with van der Waals surface area (Å²) in [5.41, 5.74) is 4.19. The van der Waals surface area contributed by atoms with Crippen molar-refractivity contribution in [1.82, 2.24) is 0 Å². The smallest absolute Gasteiger partial charge is 0.255 e. The monoisotopic (exact) mass is 324 g/mol. The van der Waals surface area contributed by atoms with Crippen LogP contribution in [-0.2, 0) is 11.2 Å². The molecule has 4 nitrogen and oxygen atoms in total. The lowest BCUT2D eigenvalue weighted by Gasteiger charge is -2.26. The van der Waals surface area contributed by atoms with Crippen LogP contribution in [0.1, 0.15) is 40.7 Å². The van der Waals surface area contributed by atoms with Crippen LogP contribution in [0.25, 0.3) is 0 Å². The summed E-state index contributed by atoms with van der Waals surface area (Å²) in [4.78, 5) is 26.6. The van der Waals surface area contributed by atoms with Crippen molar-refractivity contribution in [3.8, 4) is 0 Å². The van der Waals surface area contributed by atoms with Crippen molar-refractivity contribution < 1.29 is 14.0 Å². The Morgan fingerprint density at radius 2 is 2.00 bits per heavy atom. The molecule has 4 rings (SSSR count). The minimum atomic E-state index is -0.374. The molecule has 0 spiro atoms. The summed E-state index contributed by atoms with van der Waals surface area (Å²) in [7, 11) is 0. The van der Waals surface area contributed by atoms with Gasteiger partial charge < -0.3 is 10.2 Å². The third-order valence-corrected chi connectivity index (χ3v) is 4.78. The lowest BCUT2D eigenvalue weighted by atomic mass is 9.96. The first-order valence-corrected chi connectivity index (χ1v) is 8.09. The van der Waals surface area contributed by atoms with Gasteiger partial charge in [0, 0.05) is 17.8 Å². The Morgan fingerprint density at radius 3 is 2.75 bits per heavy atom. The van der Waals surface area contributed by atoms with Crippen LogP contribution in [0.2, 0.25) is 0 Å². The van der Waals surface area contributed by atoms with E-state index in [-0.39, 0.29) is 23.5 Å². The number of halogens is 1. The van der Waals surface area contributed by atoms with Gasteiger partial charge in [-0.25, -0.2) is 4.39 Å². The Bertz CT molecular complexity index is 845. The highest BCUT2D eigenvalue weighted by molar-refractivity contribution is 6.08. The van der Waals surface area contributed by atoms with Crippen molar-refractivity contribution in [3.05, 3.63) is 58.9 Å². The number of aryl methyl sites for hydroxylation is 1. The zero-order chi connectivity index (χ0) is 16.8. The molecule has 1 N–H and O–H groups in total. The van der Waals surface area contributed by atoms with E-state index in [0.29, 0.717) is 11.3 Å². The van der Waals surface area contributed by atoms with E-state index in [9.17, 15) is 14.0 Å². The molecule has 2 amide bonds. The molecule has 2 aliphatic heterocycles. The van der Waals surface area contributed by atoms with E-state index in [1.165, 1.54) is 24.3 Å². The number of carbonyl (C=O) groups is 2. The maximum absolute atomic E-state index is 13.0. The summed E-state index contributed by atoms with van der Waals surface area (Å²) in [6, 6.07) is 9.26. The predicted molar refractivity (Wildman–Crippen MR) is 89.9 cm³/mol. The lowest BCUT2D eigenvalue weighted by molar-refractivity contribution is -0.119. The van der Waals surface area contributed by atoms with E-state index in [2.05, 4.69) is 5.32 Å². The van der Waals surface area contributed by atoms with E-state index in [4.69, 9.17) is 0 Å². The SMILES string of the molecule is CC1C(=O)N2CCCc3cc(NC(=O)c4ccc(F)cc4)cc1c32. The minimum absolute atomic E-state index is 0.132. The molecule has 1 unspecified atom stereocenters. The molecule has 122 valence electrons. The fourth-order valence-electron chi connectivity index (χ4n) is 3.57. The molecule has 0 saturated carbocycles. The summed E-state index contributed by atoms with van der Waals surface area (Å²) >= 11 is 0. The summed E-state index contributed by atoms with van der Waals surface area (Å²) < 4.78 is 13.0. The Morgan fingerprint density at radius 1 is 1.25 bits per heavy atom. The van der Waals surface area contributed by atoms with Crippen molar-refractivity contribution >= 4 is 23.2 Å². The number of rotatable bonds is 2. The first-order chi connectivity index (χ1) is 11.5. The third-order valence-electron chi connectivity index (χ3n) is 4.78. The van der Waals surface area contributed by atoms with Crippen LogP contribution >= 0.6 is 0 Å². The molecular weight excluding hydrogens is 307 g/mol. The van der Waals surface area contributed by atoms with E-state index < -0.39 is 0 Å². The molecule has 0 radical (unpaired) electrons. The number of amides is 2. The van der Waals surface area contributed by atoms with Gasteiger partial charge in [-0.1, -0.05) is 0 Å². The normalized spacial score (nSPS) is 18.5. The van der Waals surface area contributed by atoms with Crippen LogP contribution in [0, 0.1) is 5.82 Å². The quantitative estimate of drug-likeness (QED) is 0.919. The highest BCUT2D eigenvalue weighted by atomic mass is 19.1. The highest BCUT2D eigenvalue weighted by Gasteiger charge is 2.37. The number of anilines is 2. The van der Waals surface area contributed by atoms with E-state index in [0.717, 1.165) is 36.2 Å². The van der Waals surface area contributed by atoms with E-state index in [1.807, 2.05) is 24.0 Å². The molecule has 24 heavy (non-hydrogen) atoms. The number of nitrogens with zero attached hydrogens (tertiary/aromatic N) is 1. The largest absolute Gasteiger partial charge is 0.322 e.